The molecule has 170 valence electrons. The van der Waals surface area contributed by atoms with Crippen LogP contribution in [0.3, 0.4) is 0 Å². The van der Waals surface area contributed by atoms with Gasteiger partial charge in [-0.15, -0.1) is 5.10 Å². The fourth-order valence-corrected chi connectivity index (χ4v) is 4.36. The van der Waals surface area contributed by atoms with Crippen LogP contribution in [0.15, 0.2) is 72.9 Å². The maximum Gasteiger partial charge on any atom is 0.204 e. The summed E-state index contributed by atoms with van der Waals surface area (Å²) >= 11 is 5.82. The third-order valence-corrected chi connectivity index (χ3v) is 6.25. The van der Waals surface area contributed by atoms with Crippen LogP contribution in [0.4, 0.5) is 10.2 Å². The van der Waals surface area contributed by atoms with Crippen molar-refractivity contribution in [3.63, 3.8) is 0 Å². The van der Waals surface area contributed by atoms with Crippen molar-refractivity contribution >= 4 is 18.0 Å². The van der Waals surface area contributed by atoms with Crippen LogP contribution in [0, 0.1) is 21.9 Å². The molecule has 0 radical (unpaired) electrons. The maximum absolute atomic E-state index is 13.6. The summed E-state index contributed by atoms with van der Waals surface area (Å²) in [5.41, 5.74) is 2.31. The first-order valence-corrected chi connectivity index (χ1v) is 11.4. The molecule has 4 aromatic rings. The van der Waals surface area contributed by atoms with Crippen LogP contribution >= 0.6 is 12.2 Å². The van der Waals surface area contributed by atoms with E-state index in [0.29, 0.717) is 22.8 Å². The van der Waals surface area contributed by atoms with Gasteiger partial charge in [-0.05, 0) is 48.6 Å². The van der Waals surface area contributed by atoms with Crippen LogP contribution < -0.4 is 4.90 Å². The van der Waals surface area contributed by atoms with Gasteiger partial charge in [-0.25, -0.2) is 14.1 Å². The third kappa shape index (κ3) is 4.46. The molecule has 0 N–H and O–H groups in total. The quantitative estimate of drug-likeness (QED) is 0.406. The van der Waals surface area contributed by atoms with E-state index >= 15 is 0 Å². The van der Waals surface area contributed by atoms with Crippen molar-refractivity contribution in [1.82, 2.24) is 24.2 Å². The molecule has 3 heterocycles. The lowest BCUT2D eigenvalue weighted by Gasteiger charge is -2.35. The molecule has 7 nitrogen and oxygen atoms in total. The lowest BCUT2D eigenvalue weighted by molar-refractivity contribution is 0.194. The van der Waals surface area contributed by atoms with E-state index in [-0.39, 0.29) is 5.82 Å². The number of nitriles is 1. The summed E-state index contributed by atoms with van der Waals surface area (Å²) in [4.78, 5) is 8.89. The SMILES string of the molecule is N#Cc1ccnc(N2CCN(Cn3nc(-c4ccccc4)n(-c4ccc(F)cc4)c3=S)CC2)c1. The van der Waals surface area contributed by atoms with Gasteiger partial charge in [-0.1, -0.05) is 30.3 Å². The smallest absolute Gasteiger partial charge is 0.204 e. The molecule has 1 saturated heterocycles. The lowest BCUT2D eigenvalue weighted by Crippen LogP contribution is -2.47. The Morgan fingerprint density at radius 1 is 0.971 bits per heavy atom. The van der Waals surface area contributed by atoms with Crippen molar-refractivity contribution in [2.24, 2.45) is 0 Å². The highest BCUT2D eigenvalue weighted by Gasteiger charge is 2.21. The number of hydrogen-bond acceptors (Lipinski definition) is 6. The summed E-state index contributed by atoms with van der Waals surface area (Å²) in [6.07, 6.45) is 1.67. The Morgan fingerprint density at radius 2 is 1.71 bits per heavy atom. The molecule has 0 aliphatic carbocycles. The fraction of sp³-hybridized carbons (Fsp3) is 0.200. The molecule has 5 rings (SSSR count). The van der Waals surface area contributed by atoms with E-state index in [4.69, 9.17) is 22.6 Å². The molecule has 1 fully saturated rings. The topological polar surface area (TPSA) is 65.9 Å². The van der Waals surface area contributed by atoms with Crippen LogP contribution in [-0.2, 0) is 6.67 Å². The molecule has 9 heteroatoms. The highest BCUT2D eigenvalue weighted by molar-refractivity contribution is 7.71. The first-order chi connectivity index (χ1) is 16.6. The third-order valence-electron chi connectivity index (χ3n) is 5.86. The van der Waals surface area contributed by atoms with Crippen LogP contribution in [0.2, 0.25) is 0 Å². The summed E-state index contributed by atoms with van der Waals surface area (Å²) in [6.45, 7) is 3.75. The van der Waals surface area contributed by atoms with Crippen LogP contribution in [0.5, 0.6) is 0 Å². The zero-order valence-electron chi connectivity index (χ0n) is 18.4. The lowest BCUT2D eigenvalue weighted by atomic mass is 10.2. The number of benzene rings is 2. The Labute approximate surface area is 201 Å². The van der Waals surface area contributed by atoms with Crippen LogP contribution in [0.1, 0.15) is 5.56 Å². The van der Waals surface area contributed by atoms with Crippen molar-refractivity contribution in [1.29, 1.82) is 5.26 Å². The van der Waals surface area contributed by atoms with E-state index in [2.05, 4.69) is 20.9 Å². The van der Waals surface area contributed by atoms with Crippen molar-refractivity contribution in [3.05, 3.63) is 89.1 Å². The van der Waals surface area contributed by atoms with Gasteiger partial charge in [0.1, 0.15) is 11.6 Å². The Bertz CT molecular complexity index is 1380. The fourth-order valence-electron chi connectivity index (χ4n) is 4.07. The normalized spacial score (nSPS) is 14.2. The highest BCUT2D eigenvalue weighted by atomic mass is 32.1. The van der Waals surface area contributed by atoms with Gasteiger partial charge in [-0.2, -0.15) is 5.26 Å². The first kappa shape index (κ1) is 21.9. The second-order valence-corrected chi connectivity index (χ2v) is 8.41. The van der Waals surface area contributed by atoms with Crippen molar-refractivity contribution in [2.75, 3.05) is 31.1 Å². The molecule has 0 spiro atoms. The summed E-state index contributed by atoms with van der Waals surface area (Å²) in [5.74, 6) is 1.24. The summed E-state index contributed by atoms with van der Waals surface area (Å²) in [5, 5.41) is 14.0. The molecule has 1 aliphatic rings. The van der Waals surface area contributed by atoms with Gasteiger partial charge in [0, 0.05) is 37.9 Å². The molecule has 0 bridgehead atoms. The van der Waals surface area contributed by atoms with Gasteiger partial charge in [0.05, 0.1) is 24.0 Å². The summed E-state index contributed by atoms with van der Waals surface area (Å²) in [7, 11) is 0. The molecule has 0 saturated carbocycles. The predicted molar refractivity (Wildman–Crippen MR) is 131 cm³/mol. The zero-order valence-corrected chi connectivity index (χ0v) is 19.2. The molecular formula is C25H22FN7S. The number of pyridine rings is 1. The molecule has 0 amide bonds. The number of aromatic nitrogens is 4. The van der Waals surface area contributed by atoms with Gasteiger partial charge in [-0.3, -0.25) is 9.47 Å². The number of hydrogen-bond donors (Lipinski definition) is 0. The van der Waals surface area contributed by atoms with Gasteiger partial charge < -0.3 is 4.90 Å². The number of halogens is 1. The van der Waals surface area contributed by atoms with Crippen molar-refractivity contribution in [3.8, 4) is 23.1 Å². The molecule has 1 aliphatic heterocycles. The second kappa shape index (κ2) is 9.55. The average Bonchev–Trinajstić information content (AvgIpc) is 3.21. The minimum absolute atomic E-state index is 0.295. The molecular weight excluding hydrogens is 449 g/mol. The Balaban J connectivity index is 1.39. The Kier molecular flexibility index (Phi) is 6.16. The van der Waals surface area contributed by atoms with Gasteiger partial charge >= 0.3 is 0 Å². The number of nitrogens with zero attached hydrogens (tertiary/aromatic N) is 7. The first-order valence-electron chi connectivity index (χ1n) is 11.0. The second-order valence-electron chi connectivity index (χ2n) is 8.04. The molecule has 0 unspecified atom stereocenters. The van der Waals surface area contributed by atoms with Crippen LogP contribution in [0.25, 0.3) is 17.1 Å². The van der Waals surface area contributed by atoms with Gasteiger partial charge in [0.15, 0.2) is 5.82 Å². The standard InChI is InChI=1S/C25H22FN7S/c26-21-6-8-22(9-7-21)33-24(20-4-2-1-3-5-20)29-32(25(33)34)18-30-12-14-31(15-13-30)23-16-19(17-27)10-11-28-23/h1-11,16H,12-15,18H2. The van der Waals surface area contributed by atoms with Gasteiger partial charge in [0.25, 0.3) is 0 Å². The summed E-state index contributed by atoms with van der Waals surface area (Å²) in [6, 6.07) is 21.8. The minimum atomic E-state index is -0.295. The number of rotatable bonds is 5. The largest absolute Gasteiger partial charge is 0.354 e. The Morgan fingerprint density at radius 3 is 2.41 bits per heavy atom. The summed E-state index contributed by atoms with van der Waals surface area (Å²) < 4.78 is 17.8. The molecule has 2 aromatic heterocycles. The molecule has 0 atom stereocenters. The molecule has 34 heavy (non-hydrogen) atoms. The highest BCUT2D eigenvalue weighted by Crippen LogP contribution is 2.23. The zero-order chi connectivity index (χ0) is 23.5. The Hall–Kier alpha value is -3.87. The van der Waals surface area contributed by atoms with E-state index in [0.717, 1.165) is 43.2 Å². The predicted octanol–water partition coefficient (Wildman–Crippen LogP) is 4.26. The van der Waals surface area contributed by atoms with E-state index in [1.54, 1.807) is 24.4 Å². The van der Waals surface area contributed by atoms with Gasteiger partial charge in [0.2, 0.25) is 4.77 Å². The van der Waals surface area contributed by atoms with Crippen molar-refractivity contribution < 1.29 is 4.39 Å². The average molecular weight is 472 g/mol. The van der Waals surface area contributed by atoms with Crippen molar-refractivity contribution in [2.45, 2.75) is 6.67 Å². The molecule has 2 aromatic carbocycles. The minimum Gasteiger partial charge on any atom is -0.354 e. The van der Waals surface area contributed by atoms with Crippen LogP contribution in [-0.4, -0.2) is 50.4 Å². The number of anilines is 1. The maximum atomic E-state index is 13.6. The van der Waals surface area contributed by atoms with E-state index in [1.165, 1.54) is 12.1 Å². The monoisotopic (exact) mass is 471 g/mol. The van der Waals surface area contributed by atoms with E-state index in [9.17, 15) is 4.39 Å². The van der Waals surface area contributed by atoms with E-state index < -0.39 is 0 Å². The van der Waals surface area contributed by atoms with E-state index in [1.807, 2.05) is 45.6 Å². The number of piperazine rings is 1.